The van der Waals surface area contributed by atoms with Crippen LogP contribution in [0, 0.1) is 21.4 Å². The smallest absolute Gasteiger partial charge is 0.258 e. The Morgan fingerprint density at radius 3 is 2.48 bits per heavy atom. The maximum absolute atomic E-state index is 10.9. The summed E-state index contributed by atoms with van der Waals surface area (Å²) in [5.41, 5.74) is 3.94. The first kappa shape index (κ1) is 21.1. The fraction of sp³-hybridized carbons (Fsp3) is 0.0435. The molecule has 0 atom stereocenters. The Kier molecular flexibility index (Phi) is 6.33. The summed E-state index contributed by atoms with van der Waals surface area (Å²) in [4.78, 5) is 16.2. The second kappa shape index (κ2) is 9.31. The van der Waals surface area contributed by atoms with E-state index in [9.17, 15) is 15.4 Å². The minimum atomic E-state index is -0.421. The lowest BCUT2D eigenvalue weighted by atomic mass is 10.0. The first-order valence-corrected chi connectivity index (χ1v) is 11.4. The van der Waals surface area contributed by atoms with Gasteiger partial charge in [-0.2, -0.15) is 5.26 Å². The molecule has 31 heavy (non-hydrogen) atoms. The standard InChI is InChI=1S/C23H14ClN3O2S2/c24-17-7-5-16(6-8-17)19-12-21(22-2-1-11-30-22)26-23(20(19)13-25)31-14-15-3-9-18(10-4-15)27(28)29/h1-12H,14H2. The third-order valence-corrected chi connectivity index (χ3v) is 6.74. The molecule has 0 radical (unpaired) electrons. The van der Waals surface area contributed by atoms with Gasteiger partial charge in [0.2, 0.25) is 0 Å². The quantitative estimate of drug-likeness (QED) is 0.171. The third kappa shape index (κ3) is 4.78. The number of hydrogen-bond donors (Lipinski definition) is 0. The normalized spacial score (nSPS) is 10.6. The van der Waals surface area contributed by atoms with Crippen molar-refractivity contribution in [3.63, 3.8) is 0 Å². The van der Waals surface area contributed by atoms with Gasteiger partial charge in [0.05, 0.1) is 21.1 Å². The van der Waals surface area contributed by atoms with Gasteiger partial charge in [-0.1, -0.05) is 41.9 Å². The second-order valence-corrected chi connectivity index (χ2v) is 8.89. The van der Waals surface area contributed by atoms with Crippen LogP contribution in [0.25, 0.3) is 21.7 Å². The van der Waals surface area contributed by atoms with Crippen molar-refractivity contribution in [2.75, 3.05) is 0 Å². The minimum absolute atomic E-state index is 0.0503. The number of rotatable bonds is 6. The molecule has 2 heterocycles. The highest BCUT2D eigenvalue weighted by atomic mass is 35.5. The van der Waals surface area contributed by atoms with Gasteiger partial charge >= 0.3 is 0 Å². The number of pyridine rings is 1. The zero-order chi connectivity index (χ0) is 21.8. The molecule has 0 saturated heterocycles. The predicted molar refractivity (Wildman–Crippen MR) is 125 cm³/mol. The van der Waals surface area contributed by atoms with Crippen LogP contribution in [-0.2, 0) is 5.75 Å². The maximum atomic E-state index is 10.9. The van der Waals surface area contributed by atoms with Crippen LogP contribution >= 0.6 is 34.7 Å². The van der Waals surface area contributed by atoms with Gasteiger partial charge in [-0.3, -0.25) is 10.1 Å². The molecule has 0 bridgehead atoms. The van der Waals surface area contributed by atoms with Crippen LogP contribution in [0.4, 0.5) is 5.69 Å². The Labute approximate surface area is 192 Å². The minimum Gasteiger partial charge on any atom is -0.258 e. The lowest BCUT2D eigenvalue weighted by molar-refractivity contribution is -0.384. The predicted octanol–water partition coefficient (Wildman–Crippen LogP) is 7.20. The van der Waals surface area contributed by atoms with Crippen LogP contribution in [0.2, 0.25) is 5.02 Å². The number of nitro benzene ring substituents is 1. The molecule has 0 spiro atoms. The molecule has 0 aliphatic heterocycles. The van der Waals surface area contributed by atoms with E-state index in [0.29, 0.717) is 21.4 Å². The van der Waals surface area contributed by atoms with Crippen molar-refractivity contribution in [3.05, 3.63) is 98.4 Å². The first-order chi connectivity index (χ1) is 15.0. The Bertz CT molecular complexity index is 1270. The molecule has 2 aromatic carbocycles. The summed E-state index contributed by atoms with van der Waals surface area (Å²) in [5, 5.41) is 24.0. The molecule has 0 N–H and O–H groups in total. The lowest BCUT2D eigenvalue weighted by Crippen LogP contribution is -1.96. The van der Waals surface area contributed by atoms with E-state index in [1.165, 1.54) is 23.9 Å². The Morgan fingerprint density at radius 2 is 1.87 bits per heavy atom. The van der Waals surface area contributed by atoms with Gasteiger partial charge in [0.15, 0.2) is 0 Å². The molecule has 0 unspecified atom stereocenters. The van der Waals surface area contributed by atoms with Gasteiger partial charge in [0.1, 0.15) is 11.1 Å². The van der Waals surface area contributed by atoms with Gasteiger partial charge in [-0.05, 0) is 40.8 Å². The van der Waals surface area contributed by atoms with Crippen LogP contribution in [-0.4, -0.2) is 9.91 Å². The van der Waals surface area contributed by atoms with Crippen LogP contribution < -0.4 is 0 Å². The van der Waals surface area contributed by atoms with Crippen molar-refractivity contribution in [3.8, 4) is 27.8 Å². The molecule has 5 nitrogen and oxygen atoms in total. The number of thiophene rings is 1. The average molecular weight is 464 g/mol. The van der Waals surface area contributed by atoms with E-state index < -0.39 is 4.92 Å². The maximum Gasteiger partial charge on any atom is 0.269 e. The molecule has 2 aromatic heterocycles. The summed E-state index contributed by atoms with van der Waals surface area (Å²) >= 11 is 9.06. The van der Waals surface area contributed by atoms with Crippen molar-refractivity contribution < 1.29 is 4.92 Å². The van der Waals surface area contributed by atoms with Gasteiger partial charge in [0, 0.05) is 28.5 Å². The molecule has 0 aliphatic rings. The molecule has 8 heteroatoms. The molecule has 0 amide bonds. The molecule has 0 aliphatic carbocycles. The average Bonchev–Trinajstić information content (AvgIpc) is 3.33. The number of hydrogen-bond acceptors (Lipinski definition) is 6. The summed E-state index contributed by atoms with van der Waals surface area (Å²) in [6, 6.07) is 22.0. The molecule has 152 valence electrons. The van der Waals surface area contributed by atoms with Crippen molar-refractivity contribution >= 4 is 40.4 Å². The fourth-order valence-corrected chi connectivity index (χ4v) is 4.78. The highest BCUT2D eigenvalue weighted by Gasteiger charge is 2.17. The third-order valence-electron chi connectivity index (χ3n) is 4.55. The molecule has 4 rings (SSSR count). The zero-order valence-corrected chi connectivity index (χ0v) is 18.4. The van der Waals surface area contributed by atoms with E-state index in [0.717, 1.165) is 27.3 Å². The van der Waals surface area contributed by atoms with Crippen LogP contribution in [0.5, 0.6) is 0 Å². The van der Waals surface area contributed by atoms with E-state index in [2.05, 4.69) is 6.07 Å². The summed E-state index contributed by atoms with van der Waals surface area (Å²) in [6.07, 6.45) is 0. The Hall–Kier alpha value is -3.18. The van der Waals surface area contributed by atoms with E-state index in [1.807, 2.05) is 35.7 Å². The molecule has 0 saturated carbocycles. The number of thioether (sulfide) groups is 1. The van der Waals surface area contributed by atoms with E-state index >= 15 is 0 Å². The highest BCUT2D eigenvalue weighted by molar-refractivity contribution is 7.98. The monoisotopic (exact) mass is 463 g/mol. The topological polar surface area (TPSA) is 79.8 Å². The van der Waals surface area contributed by atoms with Gasteiger partial charge in [0.25, 0.3) is 5.69 Å². The number of halogens is 1. The van der Waals surface area contributed by atoms with Crippen molar-refractivity contribution in [2.45, 2.75) is 10.8 Å². The van der Waals surface area contributed by atoms with Crippen molar-refractivity contribution in [1.82, 2.24) is 4.98 Å². The lowest BCUT2D eigenvalue weighted by Gasteiger charge is -2.12. The van der Waals surface area contributed by atoms with Gasteiger partial charge < -0.3 is 0 Å². The van der Waals surface area contributed by atoms with E-state index in [4.69, 9.17) is 16.6 Å². The number of benzene rings is 2. The van der Waals surface area contributed by atoms with Crippen LogP contribution in [0.15, 0.2) is 77.1 Å². The summed E-state index contributed by atoms with van der Waals surface area (Å²) in [5.74, 6) is 0.535. The molecule has 0 fully saturated rings. The van der Waals surface area contributed by atoms with Gasteiger partial charge in [-0.15, -0.1) is 23.1 Å². The Morgan fingerprint density at radius 1 is 1.13 bits per heavy atom. The Balaban J connectivity index is 1.74. The van der Waals surface area contributed by atoms with Crippen LogP contribution in [0.3, 0.4) is 0 Å². The number of non-ortho nitro benzene ring substituents is 1. The number of aromatic nitrogens is 1. The summed E-state index contributed by atoms with van der Waals surface area (Å²) in [7, 11) is 0. The van der Waals surface area contributed by atoms with Crippen molar-refractivity contribution in [2.24, 2.45) is 0 Å². The zero-order valence-electron chi connectivity index (χ0n) is 16.0. The molecule has 4 aromatic rings. The molecular formula is C23H14ClN3O2S2. The number of nitrogens with zero attached hydrogens (tertiary/aromatic N) is 3. The van der Waals surface area contributed by atoms with E-state index in [1.54, 1.807) is 35.6 Å². The van der Waals surface area contributed by atoms with Crippen LogP contribution in [0.1, 0.15) is 11.1 Å². The highest BCUT2D eigenvalue weighted by Crippen LogP contribution is 2.36. The number of nitro groups is 1. The number of nitriles is 1. The fourth-order valence-electron chi connectivity index (χ4n) is 3.01. The summed E-state index contributed by atoms with van der Waals surface area (Å²) < 4.78 is 0. The SMILES string of the molecule is N#Cc1c(-c2ccc(Cl)cc2)cc(-c2cccs2)nc1SCc1ccc([N+](=O)[O-])cc1. The summed E-state index contributed by atoms with van der Waals surface area (Å²) in [6.45, 7) is 0. The molecular weight excluding hydrogens is 450 g/mol. The second-order valence-electron chi connectivity index (χ2n) is 6.54. The first-order valence-electron chi connectivity index (χ1n) is 9.16. The van der Waals surface area contributed by atoms with Gasteiger partial charge in [-0.25, -0.2) is 4.98 Å². The van der Waals surface area contributed by atoms with E-state index in [-0.39, 0.29) is 5.69 Å². The largest absolute Gasteiger partial charge is 0.269 e. The van der Waals surface area contributed by atoms with Crippen molar-refractivity contribution in [1.29, 1.82) is 5.26 Å².